The quantitative estimate of drug-likeness (QED) is 0.395. The number of aromatic hydroxyl groups is 1. The number of hydrogen-bond acceptors (Lipinski definition) is 6. The number of rotatable bonds is 11. The van der Waals surface area contributed by atoms with E-state index in [1.807, 2.05) is 13.0 Å². The molecule has 32 heavy (non-hydrogen) atoms. The van der Waals surface area contributed by atoms with Gasteiger partial charge < -0.3 is 24.4 Å². The van der Waals surface area contributed by atoms with Crippen LogP contribution in [0, 0.1) is 5.92 Å². The van der Waals surface area contributed by atoms with Gasteiger partial charge in [0, 0.05) is 30.7 Å². The van der Waals surface area contributed by atoms with Crippen LogP contribution in [0.2, 0.25) is 0 Å². The molecule has 180 valence electrons. The maximum atomic E-state index is 12.1. The summed E-state index contributed by atoms with van der Waals surface area (Å²) < 4.78 is 16.2. The van der Waals surface area contributed by atoms with Crippen LogP contribution in [0.5, 0.6) is 11.5 Å². The number of piperidine rings is 1. The van der Waals surface area contributed by atoms with E-state index in [1.165, 1.54) is 19.3 Å². The molecule has 3 aliphatic rings. The van der Waals surface area contributed by atoms with Crippen molar-refractivity contribution in [1.82, 2.24) is 4.90 Å². The van der Waals surface area contributed by atoms with Gasteiger partial charge in [-0.25, -0.2) is 0 Å². The molecule has 2 N–H and O–H groups in total. The van der Waals surface area contributed by atoms with Gasteiger partial charge in [0.25, 0.3) is 0 Å². The van der Waals surface area contributed by atoms with E-state index in [0.717, 1.165) is 62.2 Å². The van der Waals surface area contributed by atoms with Crippen LogP contribution in [-0.2, 0) is 21.3 Å². The van der Waals surface area contributed by atoms with E-state index in [0.29, 0.717) is 19.0 Å². The number of benzene rings is 1. The molecule has 6 nitrogen and oxygen atoms in total. The van der Waals surface area contributed by atoms with Crippen LogP contribution in [0.25, 0.3) is 0 Å². The van der Waals surface area contributed by atoms with Gasteiger partial charge in [0.1, 0.15) is 0 Å². The van der Waals surface area contributed by atoms with E-state index in [2.05, 4.69) is 17.9 Å². The van der Waals surface area contributed by atoms with E-state index in [-0.39, 0.29) is 18.6 Å². The molecule has 2 aliphatic carbocycles. The molecule has 1 saturated heterocycles. The van der Waals surface area contributed by atoms with Crippen molar-refractivity contribution in [3.63, 3.8) is 0 Å². The number of unbranched alkanes of at least 4 members (excludes halogenated alkanes) is 1. The molecule has 6 heteroatoms. The lowest BCUT2D eigenvalue weighted by molar-refractivity contribution is -0.142. The van der Waals surface area contributed by atoms with Crippen molar-refractivity contribution in [2.24, 2.45) is 5.92 Å². The van der Waals surface area contributed by atoms with Crippen molar-refractivity contribution in [2.45, 2.75) is 82.3 Å². The summed E-state index contributed by atoms with van der Waals surface area (Å²) in [5.41, 5.74) is 0.700. The maximum absolute atomic E-state index is 12.1. The Bertz CT molecular complexity index is 778. The number of methoxy groups -OCH3 is 1. The van der Waals surface area contributed by atoms with Gasteiger partial charge in [0.2, 0.25) is 0 Å². The predicted molar refractivity (Wildman–Crippen MR) is 124 cm³/mol. The summed E-state index contributed by atoms with van der Waals surface area (Å²) in [7, 11) is 1.63. The van der Waals surface area contributed by atoms with Crippen molar-refractivity contribution in [2.75, 3.05) is 40.2 Å². The van der Waals surface area contributed by atoms with E-state index in [1.54, 1.807) is 7.11 Å². The summed E-state index contributed by atoms with van der Waals surface area (Å²) in [5, 5.41) is 23.5. The number of fused-ring (bicyclic) bond motifs is 4. The molecule has 0 radical (unpaired) electrons. The molecule has 4 rings (SSSR count). The Morgan fingerprint density at radius 1 is 1.22 bits per heavy atom. The highest BCUT2D eigenvalue weighted by atomic mass is 16.7. The lowest BCUT2D eigenvalue weighted by Gasteiger charge is -2.61. The monoisotopic (exact) mass is 447 g/mol. The second-order valence-electron chi connectivity index (χ2n) is 10.2. The number of aliphatic hydroxyl groups is 1. The van der Waals surface area contributed by atoms with Gasteiger partial charge in [0.15, 0.2) is 18.3 Å². The highest BCUT2D eigenvalue weighted by Crippen LogP contribution is 2.58. The molecule has 1 aliphatic heterocycles. The predicted octanol–water partition coefficient (Wildman–Crippen LogP) is 4.00. The third kappa shape index (κ3) is 4.15. The summed E-state index contributed by atoms with van der Waals surface area (Å²) in [5.74, 6) is 1.39. The van der Waals surface area contributed by atoms with E-state index in [4.69, 9.17) is 14.2 Å². The normalized spacial score (nSPS) is 30.1. The van der Waals surface area contributed by atoms with Gasteiger partial charge in [-0.05, 0) is 63.1 Å². The van der Waals surface area contributed by atoms with Crippen molar-refractivity contribution < 1.29 is 24.4 Å². The molecular formula is C26H41NO5. The SMILES string of the molecule is CCCCC12CCN(CC3CCC3)C(Cc3ccc(OCOCCOC)c(O)c31)C2(C)O. The smallest absolute Gasteiger partial charge is 0.189 e. The Morgan fingerprint density at radius 2 is 2.03 bits per heavy atom. The first kappa shape index (κ1) is 23.8. The average molecular weight is 448 g/mol. The minimum Gasteiger partial charge on any atom is -0.504 e. The van der Waals surface area contributed by atoms with Gasteiger partial charge in [-0.2, -0.15) is 0 Å². The molecule has 1 saturated carbocycles. The molecule has 1 aromatic carbocycles. The van der Waals surface area contributed by atoms with Crippen LogP contribution in [0.3, 0.4) is 0 Å². The van der Waals surface area contributed by atoms with Crippen molar-refractivity contribution in [3.8, 4) is 11.5 Å². The zero-order chi connectivity index (χ0) is 22.8. The summed E-state index contributed by atoms with van der Waals surface area (Å²) >= 11 is 0. The fourth-order valence-electron chi connectivity index (χ4n) is 6.28. The fourth-order valence-corrected chi connectivity index (χ4v) is 6.28. The van der Waals surface area contributed by atoms with E-state index < -0.39 is 11.0 Å². The highest BCUT2D eigenvalue weighted by Gasteiger charge is 2.61. The van der Waals surface area contributed by atoms with Crippen LogP contribution in [0.1, 0.15) is 69.9 Å². The van der Waals surface area contributed by atoms with Crippen LogP contribution in [-0.4, -0.2) is 67.0 Å². The molecule has 0 spiro atoms. The summed E-state index contributed by atoms with van der Waals surface area (Å²) in [6, 6.07) is 4.03. The largest absolute Gasteiger partial charge is 0.504 e. The Hall–Kier alpha value is -1.34. The minimum absolute atomic E-state index is 0.0614. The first-order chi connectivity index (χ1) is 15.4. The topological polar surface area (TPSA) is 71.4 Å². The number of likely N-dealkylation sites (tertiary alicyclic amines) is 1. The molecule has 1 aromatic rings. The second-order valence-corrected chi connectivity index (χ2v) is 10.2. The standard InChI is InChI=1S/C26H41NO5/c1-4-5-11-26-12-13-27(17-19-7-6-8-19)22(25(26,2)29)16-20-9-10-21(24(28)23(20)26)32-18-31-15-14-30-3/h9-10,19,22,28-29H,4-8,11-18H2,1-3H3. The Labute approximate surface area is 192 Å². The Balaban J connectivity index is 1.64. The Kier molecular flexibility index (Phi) is 7.35. The lowest BCUT2D eigenvalue weighted by Crippen LogP contribution is -2.70. The fraction of sp³-hybridized carbons (Fsp3) is 0.769. The van der Waals surface area contributed by atoms with Crippen LogP contribution in [0.15, 0.2) is 12.1 Å². The zero-order valence-corrected chi connectivity index (χ0v) is 20.1. The van der Waals surface area contributed by atoms with Crippen LogP contribution >= 0.6 is 0 Å². The van der Waals surface area contributed by atoms with Crippen molar-refractivity contribution >= 4 is 0 Å². The lowest BCUT2D eigenvalue weighted by atomic mass is 9.53. The molecule has 3 unspecified atom stereocenters. The second kappa shape index (κ2) is 9.88. The third-order valence-corrected chi connectivity index (χ3v) is 8.41. The van der Waals surface area contributed by atoms with Crippen molar-refractivity contribution in [1.29, 1.82) is 0 Å². The molecule has 3 atom stereocenters. The summed E-state index contributed by atoms with van der Waals surface area (Å²) in [4.78, 5) is 2.54. The van der Waals surface area contributed by atoms with E-state index >= 15 is 0 Å². The molecular weight excluding hydrogens is 406 g/mol. The average Bonchev–Trinajstić information content (AvgIpc) is 2.72. The summed E-state index contributed by atoms with van der Waals surface area (Å²) in [6.07, 6.45) is 8.56. The third-order valence-electron chi connectivity index (χ3n) is 8.41. The van der Waals surface area contributed by atoms with Gasteiger partial charge in [-0.3, -0.25) is 4.90 Å². The van der Waals surface area contributed by atoms with Crippen molar-refractivity contribution in [3.05, 3.63) is 23.3 Å². The van der Waals surface area contributed by atoms with Gasteiger partial charge in [0.05, 0.1) is 18.8 Å². The van der Waals surface area contributed by atoms with Gasteiger partial charge >= 0.3 is 0 Å². The van der Waals surface area contributed by atoms with Gasteiger partial charge in [-0.1, -0.05) is 32.3 Å². The number of ether oxygens (including phenoxy) is 3. The molecule has 2 fully saturated rings. The molecule has 0 amide bonds. The molecule has 2 bridgehead atoms. The Morgan fingerprint density at radius 3 is 2.72 bits per heavy atom. The zero-order valence-electron chi connectivity index (χ0n) is 20.1. The number of hydrogen-bond donors (Lipinski definition) is 2. The highest BCUT2D eigenvalue weighted by molar-refractivity contribution is 5.57. The maximum Gasteiger partial charge on any atom is 0.189 e. The summed E-state index contributed by atoms with van der Waals surface area (Å²) in [6.45, 7) is 7.28. The van der Waals surface area contributed by atoms with Crippen LogP contribution < -0.4 is 4.74 Å². The number of phenols is 1. The van der Waals surface area contributed by atoms with E-state index in [9.17, 15) is 10.2 Å². The van der Waals surface area contributed by atoms with Crippen LogP contribution in [0.4, 0.5) is 0 Å². The molecule has 1 heterocycles. The molecule has 0 aromatic heterocycles. The number of nitrogens with zero attached hydrogens (tertiary/aromatic N) is 1. The minimum atomic E-state index is -0.901. The number of phenolic OH excluding ortho intramolecular Hbond substituents is 1. The van der Waals surface area contributed by atoms with Gasteiger partial charge in [-0.15, -0.1) is 0 Å². The first-order valence-corrected chi connectivity index (χ1v) is 12.5. The first-order valence-electron chi connectivity index (χ1n) is 12.5.